The van der Waals surface area contributed by atoms with Gasteiger partial charge in [0.05, 0.1) is 11.4 Å². The summed E-state index contributed by atoms with van der Waals surface area (Å²) in [5.41, 5.74) is 1.96. The summed E-state index contributed by atoms with van der Waals surface area (Å²) in [7, 11) is -3.77. The van der Waals surface area contributed by atoms with E-state index in [0.717, 1.165) is 0 Å². The molecule has 8 heteroatoms. The number of amides is 1. The molecular weight excluding hydrogens is 354 g/mol. The normalized spacial score (nSPS) is 11.2. The summed E-state index contributed by atoms with van der Waals surface area (Å²) < 4.78 is 31.9. The van der Waals surface area contributed by atoms with Crippen LogP contribution in [0.4, 0.5) is 5.69 Å². The van der Waals surface area contributed by atoms with Gasteiger partial charge < -0.3 is 9.73 Å². The molecule has 132 valence electrons. The zero-order valence-corrected chi connectivity index (χ0v) is 14.6. The molecule has 26 heavy (non-hydrogen) atoms. The lowest BCUT2D eigenvalue weighted by atomic mass is 10.2. The topological polar surface area (TPSA) is 101 Å². The first-order valence-corrected chi connectivity index (χ1v) is 9.09. The van der Waals surface area contributed by atoms with Gasteiger partial charge in [-0.1, -0.05) is 12.0 Å². The Labute approximate surface area is 150 Å². The van der Waals surface area contributed by atoms with E-state index < -0.39 is 15.9 Å². The molecule has 3 rings (SSSR count). The summed E-state index contributed by atoms with van der Waals surface area (Å²) in [4.78, 5) is 16.6. The fraction of sp³-hybridized carbons (Fsp3) is 0.111. The van der Waals surface area contributed by atoms with Gasteiger partial charge in [-0.2, -0.15) is 4.72 Å². The zero-order chi connectivity index (χ0) is 18.7. The van der Waals surface area contributed by atoms with Gasteiger partial charge in [-0.15, -0.1) is 6.42 Å². The van der Waals surface area contributed by atoms with Crippen LogP contribution in [0.2, 0.25) is 0 Å². The van der Waals surface area contributed by atoms with Crippen molar-refractivity contribution in [2.75, 3.05) is 11.9 Å². The Hall–Kier alpha value is -3.15. The highest BCUT2D eigenvalue weighted by Crippen LogP contribution is 2.20. The highest BCUT2D eigenvalue weighted by molar-refractivity contribution is 7.89. The number of rotatable bonds is 5. The van der Waals surface area contributed by atoms with Crippen molar-refractivity contribution in [1.29, 1.82) is 0 Å². The standard InChI is InChI=1S/C18H15N3O4S/c1-3-9-19-26(23,24)15-6-4-5-13(10-15)18(22)21-14-7-8-17-16(11-14)20-12(2)25-17/h1,4-8,10-11,19H,9H2,2H3,(H,21,22). The number of nitrogens with zero attached hydrogens (tertiary/aromatic N) is 1. The molecule has 0 saturated heterocycles. The van der Waals surface area contributed by atoms with Crippen molar-refractivity contribution in [3.05, 3.63) is 53.9 Å². The maximum absolute atomic E-state index is 12.4. The van der Waals surface area contributed by atoms with Crippen molar-refractivity contribution in [3.63, 3.8) is 0 Å². The van der Waals surface area contributed by atoms with E-state index in [1.807, 2.05) is 0 Å². The summed E-state index contributed by atoms with van der Waals surface area (Å²) in [6, 6.07) is 10.7. The third-order valence-corrected chi connectivity index (χ3v) is 4.92. The Morgan fingerprint density at radius 1 is 1.27 bits per heavy atom. The lowest BCUT2D eigenvalue weighted by molar-refractivity contribution is 0.102. The molecule has 0 fully saturated rings. The second-order valence-electron chi connectivity index (χ2n) is 5.43. The first kappa shape index (κ1) is 17.7. The molecular formula is C18H15N3O4S. The van der Waals surface area contributed by atoms with Crippen molar-refractivity contribution in [1.82, 2.24) is 9.71 Å². The van der Waals surface area contributed by atoms with Gasteiger partial charge in [-0.3, -0.25) is 4.79 Å². The lowest BCUT2D eigenvalue weighted by Gasteiger charge is -2.08. The minimum atomic E-state index is -3.77. The van der Waals surface area contributed by atoms with Gasteiger partial charge in [0, 0.05) is 18.2 Å². The minimum absolute atomic E-state index is 0.0389. The number of aromatic nitrogens is 1. The molecule has 1 heterocycles. The number of carbonyl (C=O) groups is 1. The summed E-state index contributed by atoms with van der Waals surface area (Å²) in [6.07, 6.45) is 5.07. The van der Waals surface area contributed by atoms with Crippen LogP contribution in [0.1, 0.15) is 16.2 Å². The first-order valence-electron chi connectivity index (χ1n) is 7.61. The highest BCUT2D eigenvalue weighted by atomic mass is 32.2. The molecule has 3 aromatic rings. The maximum atomic E-state index is 12.4. The van der Waals surface area contributed by atoms with Crippen LogP contribution < -0.4 is 10.0 Å². The van der Waals surface area contributed by atoms with Gasteiger partial charge in [-0.25, -0.2) is 13.4 Å². The van der Waals surface area contributed by atoms with E-state index in [1.165, 1.54) is 24.3 Å². The van der Waals surface area contributed by atoms with Crippen LogP contribution in [0, 0.1) is 19.3 Å². The van der Waals surface area contributed by atoms with Crippen LogP contribution in [-0.2, 0) is 10.0 Å². The molecule has 1 amide bonds. The van der Waals surface area contributed by atoms with Gasteiger partial charge in [0.2, 0.25) is 10.0 Å². The van der Waals surface area contributed by atoms with Gasteiger partial charge in [0.1, 0.15) is 5.52 Å². The van der Waals surface area contributed by atoms with Crippen LogP contribution in [0.3, 0.4) is 0 Å². The Morgan fingerprint density at radius 2 is 2.08 bits per heavy atom. The molecule has 2 N–H and O–H groups in total. The number of terminal acetylenes is 1. The predicted octanol–water partition coefficient (Wildman–Crippen LogP) is 2.30. The molecule has 0 aliphatic rings. The average molecular weight is 369 g/mol. The number of hydrogen-bond acceptors (Lipinski definition) is 5. The number of anilines is 1. The fourth-order valence-corrected chi connectivity index (χ4v) is 3.33. The van der Waals surface area contributed by atoms with Crippen LogP contribution in [-0.4, -0.2) is 25.9 Å². The van der Waals surface area contributed by atoms with E-state index in [1.54, 1.807) is 25.1 Å². The molecule has 0 spiro atoms. The number of carbonyl (C=O) groups excluding carboxylic acids is 1. The number of oxazole rings is 1. The zero-order valence-electron chi connectivity index (χ0n) is 13.8. The van der Waals surface area contributed by atoms with Crippen LogP contribution in [0.5, 0.6) is 0 Å². The van der Waals surface area contributed by atoms with Crippen molar-refractivity contribution in [3.8, 4) is 12.3 Å². The Bertz CT molecular complexity index is 1130. The van der Waals surface area contributed by atoms with E-state index in [4.69, 9.17) is 10.8 Å². The number of nitrogens with one attached hydrogen (secondary N) is 2. The number of benzene rings is 2. The molecule has 0 aliphatic heterocycles. The van der Waals surface area contributed by atoms with Crippen LogP contribution in [0.25, 0.3) is 11.1 Å². The maximum Gasteiger partial charge on any atom is 0.255 e. The highest BCUT2D eigenvalue weighted by Gasteiger charge is 2.16. The third-order valence-electron chi connectivity index (χ3n) is 3.52. The molecule has 0 radical (unpaired) electrons. The summed E-state index contributed by atoms with van der Waals surface area (Å²) in [5, 5.41) is 2.71. The predicted molar refractivity (Wildman–Crippen MR) is 97.2 cm³/mol. The summed E-state index contributed by atoms with van der Waals surface area (Å²) >= 11 is 0. The Balaban J connectivity index is 1.83. The van der Waals surface area contributed by atoms with Gasteiger partial charge in [-0.05, 0) is 36.4 Å². The van der Waals surface area contributed by atoms with Gasteiger partial charge in [0.25, 0.3) is 5.91 Å². The second kappa shape index (κ2) is 7.00. The second-order valence-corrected chi connectivity index (χ2v) is 7.19. The van der Waals surface area contributed by atoms with Crippen molar-refractivity contribution in [2.24, 2.45) is 0 Å². The van der Waals surface area contributed by atoms with Crippen molar-refractivity contribution >= 4 is 32.7 Å². The van der Waals surface area contributed by atoms with Gasteiger partial charge in [0.15, 0.2) is 11.5 Å². The number of hydrogen-bond donors (Lipinski definition) is 2. The first-order chi connectivity index (χ1) is 12.4. The SMILES string of the molecule is C#CCNS(=O)(=O)c1cccc(C(=O)Nc2ccc3oc(C)nc3c2)c1. The van der Waals surface area contributed by atoms with Crippen molar-refractivity contribution in [2.45, 2.75) is 11.8 Å². The molecule has 1 aromatic heterocycles. The quantitative estimate of drug-likeness (QED) is 0.672. The van der Waals surface area contributed by atoms with E-state index in [-0.39, 0.29) is 17.0 Å². The van der Waals surface area contributed by atoms with Crippen LogP contribution in [0.15, 0.2) is 51.8 Å². The molecule has 0 saturated carbocycles. The largest absolute Gasteiger partial charge is 0.441 e. The fourth-order valence-electron chi connectivity index (χ4n) is 2.35. The number of fused-ring (bicyclic) bond motifs is 1. The van der Waals surface area contributed by atoms with E-state index in [0.29, 0.717) is 22.7 Å². The molecule has 7 nitrogen and oxygen atoms in total. The molecule has 0 unspecified atom stereocenters. The number of aryl methyl sites for hydroxylation is 1. The molecule has 0 bridgehead atoms. The third kappa shape index (κ3) is 3.74. The van der Waals surface area contributed by atoms with E-state index in [9.17, 15) is 13.2 Å². The molecule has 2 aromatic carbocycles. The smallest absolute Gasteiger partial charge is 0.255 e. The summed E-state index contributed by atoms with van der Waals surface area (Å²) in [5.74, 6) is 2.28. The Morgan fingerprint density at radius 3 is 2.85 bits per heavy atom. The molecule has 0 aliphatic carbocycles. The molecule has 0 atom stereocenters. The van der Waals surface area contributed by atoms with Gasteiger partial charge >= 0.3 is 0 Å². The van der Waals surface area contributed by atoms with Crippen LogP contribution >= 0.6 is 0 Å². The summed E-state index contributed by atoms with van der Waals surface area (Å²) in [6.45, 7) is 1.61. The minimum Gasteiger partial charge on any atom is -0.441 e. The van der Waals surface area contributed by atoms with Crippen molar-refractivity contribution < 1.29 is 17.6 Å². The lowest BCUT2D eigenvalue weighted by Crippen LogP contribution is -2.24. The Kier molecular flexibility index (Phi) is 4.75. The monoisotopic (exact) mass is 369 g/mol. The van der Waals surface area contributed by atoms with E-state index in [2.05, 4.69) is 20.9 Å². The number of sulfonamides is 1. The van der Waals surface area contributed by atoms with E-state index >= 15 is 0 Å². The average Bonchev–Trinajstić information content (AvgIpc) is 2.99.